The van der Waals surface area contributed by atoms with Crippen LogP contribution in [-0.2, 0) is 4.79 Å². The minimum atomic E-state index is -4.80. The van der Waals surface area contributed by atoms with Crippen LogP contribution in [0.4, 0.5) is 18.9 Å². The Hall–Kier alpha value is -1.56. The standard InChI is InChI=1S/C13H17F3N2O/c1-7-5-8(2)10(9(3)6-7)18-11(19)12(4,17)13(14,15)16/h5-6H,17H2,1-4H3,(H,18,19). The van der Waals surface area contributed by atoms with Crippen molar-refractivity contribution >= 4 is 11.6 Å². The fraction of sp³-hybridized carbons (Fsp3) is 0.462. The summed E-state index contributed by atoms with van der Waals surface area (Å²) in [7, 11) is 0. The van der Waals surface area contributed by atoms with E-state index in [1.807, 2.05) is 6.92 Å². The zero-order valence-corrected chi connectivity index (χ0v) is 11.3. The number of rotatable bonds is 2. The Bertz CT molecular complexity index is 484. The molecule has 1 atom stereocenters. The van der Waals surface area contributed by atoms with Crippen molar-refractivity contribution in [1.29, 1.82) is 0 Å². The van der Waals surface area contributed by atoms with Crippen molar-refractivity contribution in [3.05, 3.63) is 28.8 Å². The second-order valence-corrected chi connectivity index (χ2v) is 4.93. The summed E-state index contributed by atoms with van der Waals surface area (Å²) in [5, 5.41) is 2.27. The highest BCUT2D eigenvalue weighted by molar-refractivity contribution is 5.99. The smallest absolute Gasteiger partial charge is 0.324 e. The zero-order valence-electron chi connectivity index (χ0n) is 11.3. The number of nitrogens with one attached hydrogen (secondary N) is 1. The molecular formula is C13H17F3N2O. The fourth-order valence-corrected chi connectivity index (χ4v) is 1.75. The number of carbonyl (C=O) groups is 1. The molecule has 0 aromatic heterocycles. The monoisotopic (exact) mass is 274 g/mol. The van der Waals surface area contributed by atoms with Crippen LogP contribution in [0.3, 0.4) is 0 Å². The van der Waals surface area contributed by atoms with Crippen LogP contribution in [-0.4, -0.2) is 17.6 Å². The molecule has 3 nitrogen and oxygen atoms in total. The molecule has 19 heavy (non-hydrogen) atoms. The van der Waals surface area contributed by atoms with Crippen LogP contribution in [0.2, 0.25) is 0 Å². The molecule has 0 aliphatic rings. The predicted octanol–water partition coefficient (Wildman–Crippen LogP) is 2.83. The first-order chi connectivity index (χ1) is 8.46. The first kappa shape index (κ1) is 15.5. The van der Waals surface area contributed by atoms with Crippen LogP contribution in [0.25, 0.3) is 0 Å². The lowest BCUT2D eigenvalue weighted by Gasteiger charge is -2.27. The largest absolute Gasteiger partial charge is 0.415 e. The average Bonchev–Trinajstić information content (AvgIpc) is 2.21. The summed E-state index contributed by atoms with van der Waals surface area (Å²) in [5.41, 5.74) is 4.90. The van der Waals surface area contributed by atoms with Gasteiger partial charge in [0, 0.05) is 5.69 Å². The summed E-state index contributed by atoms with van der Waals surface area (Å²) < 4.78 is 38.0. The van der Waals surface area contributed by atoms with Gasteiger partial charge in [-0.15, -0.1) is 0 Å². The van der Waals surface area contributed by atoms with E-state index in [9.17, 15) is 18.0 Å². The van der Waals surface area contributed by atoms with Gasteiger partial charge in [-0.1, -0.05) is 17.7 Å². The molecule has 0 saturated heterocycles. The summed E-state index contributed by atoms with van der Waals surface area (Å²) in [6, 6.07) is 3.56. The van der Waals surface area contributed by atoms with Crippen LogP contribution in [0, 0.1) is 20.8 Å². The van der Waals surface area contributed by atoms with E-state index in [2.05, 4.69) is 5.32 Å². The van der Waals surface area contributed by atoms with Gasteiger partial charge in [0.1, 0.15) is 0 Å². The van der Waals surface area contributed by atoms with Crippen molar-refractivity contribution in [2.45, 2.75) is 39.4 Å². The van der Waals surface area contributed by atoms with E-state index in [4.69, 9.17) is 5.73 Å². The minimum Gasteiger partial charge on any atom is -0.324 e. The molecule has 0 fully saturated rings. The molecule has 1 rings (SSSR count). The summed E-state index contributed by atoms with van der Waals surface area (Å²) in [6.07, 6.45) is -4.80. The summed E-state index contributed by atoms with van der Waals surface area (Å²) in [6.45, 7) is 5.96. The fourth-order valence-electron chi connectivity index (χ4n) is 1.75. The normalized spacial score (nSPS) is 14.9. The third-order valence-electron chi connectivity index (χ3n) is 2.98. The highest BCUT2D eigenvalue weighted by Crippen LogP contribution is 2.30. The molecule has 106 valence electrons. The number of nitrogens with two attached hydrogens (primary N) is 1. The molecule has 1 aromatic rings. The Balaban J connectivity index is 3.08. The van der Waals surface area contributed by atoms with Crippen molar-refractivity contribution in [2.75, 3.05) is 5.32 Å². The van der Waals surface area contributed by atoms with Gasteiger partial charge in [0.05, 0.1) is 0 Å². The molecule has 6 heteroatoms. The van der Waals surface area contributed by atoms with Crippen molar-refractivity contribution in [3.8, 4) is 0 Å². The Morgan fingerprint density at radius 2 is 1.58 bits per heavy atom. The van der Waals surface area contributed by atoms with Gasteiger partial charge in [-0.2, -0.15) is 13.2 Å². The van der Waals surface area contributed by atoms with Gasteiger partial charge in [-0.25, -0.2) is 0 Å². The number of carbonyl (C=O) groups excluding carboxylic acids is 1. The van der Waals surface area contributed by atoms with E-state index < -0.39 is 17.6 Å². The number of aryl methyl sites for hydroxylation is 3. The van der Waals surface area contributed by atoms with Crippen molar-refractivity contribution in [2.24, 2.45) is 5.73 Å². The Morgan fingerprint density at radius 3 is 1.95 bits per heavy atom. The molecule has 0 bridgehead atoms. The lowest BCUT2D eigenvalue weighted by Crippen LogP contribution is -2.59. The molecule has 0 spiro atoms. The molecule has 0 heterocycles. The topological polar surface area (TPSA) is 55.1 Å². The van der Waals surface area contributed by atoms with Gasteiger partial charge in [0.15, 0.2) is 5.54 Å². The molecule has 0 radical (unpaired) electrons. The van der Waals surface area contributed by atoms with Crippen LogP contribution in [0.15, 0.2) is 12.1 Å². The Labute approximate surface area is 110 Å². The van der Waals surface area contributed by atoms with Gasteiger partial charge >= 0.3 is 6.18 Å². The maximum Gasteiger partial charge on any atom is 0.415 e. The Morgan fingerprint density at radius 1 is 1.16 bits per heavy atom. The SMILES string of the molecule is Cc1cc(C)c(NC(=O)C(C)(N)C(F)(F)F)c(C)c1. The second-order valence-electron chi connectivity index (χ2n) is 4.93. The van der Waals surface area contributed by atoms with E-state index in [0.717, 1.165) is 5.56 Å². The number of halogens is 3. The zero-order chi connectivity index (χ0) is 15.0. The lowest BCUT2D eigenvalue weighted by atomic mass is 10.00. The van der Waals surface area contributed by atoms with Gasteiger partial charge < -0.3 is 11.1 Å². The van der Waals surface area contributed by atoms with E-state index in [0.29, 0.717) is 23.7 Å². The third-order valence-corrected chi connectivity index (χ3v) is 2.98. The van der Waals surface area contributed by atoms with E-state index in [-0.39, 0.29) is 0 Å². The lowest BCUT2D eigenvalue weighted by molar-refractivity contribution is -0.184. The number of benzene rings is 1. The van der Waals surface area contributed by atoms with Gasteiger partial charge in [-0.3, -0.25) is 4.79 Å². The number of amides is 1. The van der Waals surface area contributed by atoms with Gasteiger partial charge in [-0.05, 0) is 38.8 Å². The Kier molecular flexibility index (Phi) is 3.95. The van der Waals surface area contributed by atoms with Crippen LogP contribution < -0.4 is 11.1 Å². The number of anilines is 1. The first-order valence-corrected chi connectivity index (χ1v) is 5.71. The summed E-state index contributed by atoms with van der Waals surface area (Å²) in [4.78, 5) is 11.7. The van der Waals surface area contributed by atoms with Crippen LogP contribution >= 0.6 is 0 Å². The summed E-state index contributed by atoms with van der Waals surface area (Å²) in [5.74, 6) is -1.27. The van der Waals surface area contributed by atoms with Gasteiger partial charge in [0.25, 0.3) is 5.91 Å². The maximum absolute atomic E-state index is 12.7. The van der Waals surface area contributed by atoms with Crippen LogP contribution in [0.1, 0.15) is 23.6 Å². The molecule has 3 N–H and O–H groups in total. The van der Waals surface area contributed by atoms with Crippen molar-refractivity contribution < 1.29 is 18.0 Å². The maximum atomic E-state index is 12.7. The van der Waals surface area contributed by atoms with Gasteiger partial charge in [0.2, 0.25) is 0 Å². The van der Waals surface area contributed by atoms with Crippen molar-refractivity contribution in [3.63, 3.8) is 0 Å². The molecular weight excluding hydrogens is 257 g/mol. The predicted molar refractivity (Wildman–Crippen MR) is 67.9 cm³/mol. The van der Waals surface area contributed by atoms with E-state index in [1.165, 1.54) is 0 Å². The molecule has 0 aliphatic heterocycles. The first-order valence-electron chi connectivity index (χ1n) is 5.71. The third kappa shape index (κ3) is 3.07. The number of alkyl halides is 3. The summed E-state index contributed by atoms with van der Waals surface area (Å²) >= 11 is 0. The highest BCUT2D eigenvalue weighted by atomic mass is 19.4. The molecule has 0 aliphatic carbocycles. The number of hydrogen-bond acceptors (Lipinski definition) is 2. The molecule has 0 saturated carbocycles. The molecule has 1 amide bonds. The van der Waals surface area contributed by atoms with E-state index in [1.54, 1.807) is 26.0 Å². The number of hydrogen-bond donors (Lipinski definition) is 2. The molecule has 1 aromatic carbocycles. The highest BCUT2D eigenvalue weighted by Gasteiger charge is 2.54. The van der Waals surface area contributed by atoms with Crippen molar-refractivity contribution in [1.82, 2.24) is 0 Å². The molecule has 1 unspecified atom stereocenters. The van der Waals surface area contributed by atoms with E-state index >= 15 is 0 Å². The average molecular weight is 274 g/mol. The van der Waals surface area contributed by atoms with Crippen LogP contribution in [0.5, 0.6) is 0 Å². The minimum absolute atomic E-state index is 0.372. The second kappa shape index (κ2) is 4.85. The quantitative estimate of drug-likeness (QED) is 0.871.